The molecule has 1 aliphatic heterocycles. The molecule has 3 N–H and O–H groups in total. The fraction of sp³-hybridized carbons (Fsp3) is 0.480. The van der Waals surface area contributed by atoms with E-state index in [1.54, 1.807) is 19.2 Å². The molecule has 0 saturated carbocycles. The third-order valence-electron chi connectivity index (χ3n) is 5.72. The second kappa shape index (κ2) is 14.6. The van der Waals surface area contributed by atoms with E-state index in [9.17, 15) is 18.8 Å². The second-order valence-corrected chi connectivity index (χ2v) is 12.7. The number of hydrazine groups is 1. The number of ether oxygens (including phenoxy) is 2. The molecule has 1 saturated heterocycles. The highest BCUT2D eigenvalue weighted by Crippen LogP contribution is 2.27. The van der Waals surface area contributed by atoms with Crippen LogP contribution in [0.15, 0.2) is 53.4 Å². The zero-order valence-corrected chi connectivity index (χ0v) is 24.7. The van der Waals surface area contributed by atoms with Gasteiger partial charge in [-0.1, -0.05) is 18.2 Å². The van der Waals surface area contributed by atoms with Crippen LogP contribution in [0.4, 0.5) is 0 Å². The molecule has 2 unspecified atom stereocenters. The van der Waals surface area contributed by atoms with E-state index in [0.29, 0.717) is 24.6 Å². The number of hydrogen-bond acceptors (Lipinski definition) is 9. The van der Waals surface area contributed by atoms with Gasteiger partial charge in [0.25, 0.3) is 10.0 Å². The highest BCUT2D eigenvalue weighted by atomic mass is 35.5. The molecule has 13 heteroatoms. The number of nitriles is 1. The predicted octanol–water partition coefficient (Wildman–Crippen LogP) is 3.17. The number of nitrogens with zero attached hydrogens (tertiary/aromatic N) is 2. The van der Waals surface area contributed by atoms with E-state index in [1.807, 2.05) is 24.3 Å². The van der Waals surface area contributed by atoms with Gasteiger partial charge >= 0.3 is 0 Å². The number of thioether (sulfide) groups is 1. The molecule has 0 aliphatic carbocycles. The van der Waals surface area contributed by atoms with Gasteiger partial charge in [0.05, 0.1) is 18.1 Å². The number of β-amino-alcohol motifs (C(OH)–C–C–N with tert-alkyl or cyclic N) is 1. The molecule has 1 fully saturated rings. The first-order chi connectivity index (χ1) is 17.5. The molecule has 0 aromatic heterocycles. The summed E-state index contributed by atoms with van der Waals surface area (Å²) < 4.78 is 36.7. The first-order valence-electron chi connectivity index (χ1n) is 11.8. The van der Waals surface area contributed by atoms with Crippen LogP contribution < -0.4 is 19.6 Å². The van der Waals surface area contributed by atoms with Crippen LogP contribution in [-0.2, 0) is 16.4 Å². The molecule has 38 heavy (non-hydrogen) atoms. The Hall–Kier alpha value is -1.75. The molecule has 1 aliphatic rings. The van der Waals surface area contributed by atoms with E-state index in [2.05, 4.69) is 30.1 Å². The molecule has 2 aromatic rings. The minimum Gasteiger partial charge on any atom is -0.497 e. The van der Waals surface area contributed by atoms with E-state index in [0.717, 1.165) is 17.7 Å². The minimum atomic E-state index is -3.94. The Morgan fingerprint density at radius 3 is 2.63 bits per heavy atom. The van der Waals surface area contributed by atoms with Crippen LogP contribution in [0.5, 0.6) is 11.5 Å². The summed E-state index contributed by atoms with van der Waals surface area (Å²) in [5.74, 6) is 1.69. The zero-order chi connectivity index (χ0) is 27.1. The van der Waals surface area contributed by atoms with Gasteiger partial charge in [-0.05, 0) is 50.1 Å². The molecular formula is C25H34Cl2N4O5S2. The topological polar surface area (TPSA) is 124 Å². The fourth-order valence-electron chi connectivity index (χ4n) is 3.74. The van der Waals surface area contributed by atoms with Crippen molar-refractivity contribution in [3.8, 4) is 17.6 Å². The third-order valence-corrected chi connectivity index (χ3v) is 8.85. The van der Waals surface area contributed by atoms with Crippen molar-refractivity contribution < 1.29 is 23.0 Å². The largest absolute Gasteiger partial charge is 0.497 e. The molecular weight excluding hydrogens is 571 g/mol. The predicted molar refractivity (Wildman–Crippen MR) is 152 cm³/mol. The van der Waals surface area contributed by atoms with Crippen molar-refractivity contribution in [1.29, 1.82) is 5.26 Å². The summed E-state index contributed by atoms with van der Waals surface area (Å²) >= 11 is 7.66. The van der Waals surface area contributed by atoms with E-state index < -0.39 is 26.9 Å². The number of halogens is 2. The summed E-state index contributed by atoms with van der Waals surface area (Å²) in [6.07, 6.45) is -0.0508. The van der Waals surface area contributed by atoms with Crippen LogP contribution in [-0.4, -0.2) is 73.5 Å². The van der Waals surface area contributed by atoms with Gasteiger partial charge in [0.2, 0.25) is 0 Å². The number of alkyl halides is 1. The maximum atomic E-state index is 12.9. The van der Waals surface area contributed by atoms with Crippen molar-refractivity contribution in [2.75, 3.05) is 32.6 Å². The van der Waals surface area contributed by atoms with Crippen LogP contribution in [0.3, 0.4) is 0 Å². The van der Waals surface area contributed by atoms with Crippen molar-refractivity contribution in [3.05, 3.63) is 54.1 Å². The van der Waals surface area contributed by atoms with Gasteiger partial charge in [0.15, 0.2) is 0 Å². The third kappa shape index (κ3) is 9.47. The SMILES string of the molecule is COc1ccc(CC(C)(C)NC[C@@H](O)COc2cccc(S(=O)(=O)NN3CCSC(C#N)C3Cl)c2)cc1.Cl. The van der Waals surface area contributed by atoms with Crippen molar-refractivity contribution in [2.24, 2.45) is 0 Å². The average molecular weight is 606 g/mol. The van der Waals surface area contributed by atoms with Crippen LogP contribution in [0.2, 0.25) is 0 Å². The minimum absolute atomic E-state index is 0. The van der Waals surface area contributed by atoms with Gasteiger partial charge in [-0.2, -0.15) is 5.26 Å². The number of aliphatic hydroxyl groups excluding tert-OH is 1. The number of rotatable bonds is 12. The van der Waals surface area contributed by atoms with Crippen molar-refractivity contribution >= 4 is 45.8 Å². The second-order valence-electron chi connectivity index (χ2n) is 9.31. The van der Waals surface area contributed by atoms with Gasteiger partial charge in [0.1, 0.15) is 35.0 Å². The number of aliphatic hydroxyl groups is 1. The molecule has 1 heterocycles. The van der Waals surface area contributed by atoms with E-state index in [1.165, 1.54) is 28.9 Å². The van der Waals surface area contributed by atoms with Gasteiger partial charge < -0.3 is 19.9 Å². The smallest absolute Gasteiger partial charge is 0.253 e. The van der Waals surface area contributed by atoms with E-state index >= 15 is 0 Å². The molecule has 0 radical (unpaired) electrons. The molecule has 0 amide bonds. The maximum absolute atomic E-state index is 12.9. The Labute approximate surface area is 240 Å². The molecule has 3 atom stereocenters. The lowest BCUT2D eigenvalue weighted by molar-refractivity contribution is 0.0987. The number of methoxy groups -OCH3 is 1. The van der Waals surface area contributed by atoms with Gasteiger partial charge in [-0.3, -0.25) is 0 Å². The summed E-state index contributed by atoms with van der Waals surface area (Å²) in [6.45, 7) is 4.77. The maximum Gasteiger partial charge on any atom is 0.253 e. The first kappa shape index (κ1) is 32.5. The fourth-order valence-corrected chi connectivity index (χ4v) is 6.30. The number of sulfonamides is 1. The Morgan fingerprint density at radius 2 is 1.97 bits per heavy atom. The lowest BCUT2D eigenvalue weighted by Gasteiger charge is -2.33. The number of benzene rings is 2. The average Bonchev–Trinajstić information content (AvgIpc) is 2.88. The van der Waals surface area contributed by atoms with Crippen LogP contribution in [0, 0.1) is 11.3 Å². The molecule has 210 valence electrons. The Balaban J connectivity index is 0.00000507. The van der Waals surface area contributed by atoms with E-state index in [4.69, 9.17) is 21.1 Å². The first-order valence-corrected chi connectivity index (χ1v) is 14.7. The lowest BCUT2D eigenvalue weighted by atomic mass is 9.94. The Morgan fingerprint density at radius 1 is 1.26 bits per heavy atom. The number of nitrogens with one attached hydrogen (secondary N) is 2. The monoisotopic (exact) mass is 604 g/mol. The summed E-state index contributed by atoms with van der Waals surface area (Å²) in [5.41, 5.74) is 0.0877. The summed E-state index contributed by atoms with van der Waals surface area (Å²) in [6, 6.07) is 16.0. The molecule has 9 nitrogen and oxygen atoms in total. The highest BCUT2D eigenvalue weighted by Gasteiger charge is 2.33. The highest BCUT2D eigenvalue weighted by molar-refractivity contribution is 8.00. The van der Waals surface area contributed by atoms with Crippen molar-refractivity contribution in [3.63, 3.8) is 0 Å². The Kier molecular flexibility index (Phi) is 12.5. The van der Waals surface area contributed by atoms with Crippen LogP contribution in [0.25, 0.3) is 0 Å². The summed E-state index contributed by atoms with van der Waals surface area (Å²) in [5, 5.41) is 23.8. The summed E-state index contributed by atoms with van der Waals surface area (Å²) in [7, 11) is -2.31. The van der Waals surface area contributed by atoms with Crippen LogP contribution >= 0.6 is 35.8 Å². The zero-order valence-electron chi connectivity index (χ0n) is 21.5. The standard InChI is InChI=1S/C25H33ClN4O5S2.ClH/c1-25(2,14-18-7-9-20(34-3)10-8-18)28-16-19(31)17-35-21-5-4-6-22(13-21)37(32,33)29-30-11-12-36-23(15-27)24(30)26;/h4-10,13,19,23-24,28-29,31H,11-12,14,16-17H2,1-3H3;1H/t19-,23?,24?;/m1./s1. The molecule has 0 bridgehead atoms. The molecule has 3 rings (SSSR count). The van der Waals surface area contributed by atoms with Crippen LogP contribution in [0.1, 0.15) is 19.4 Å². The van der Waals surface area contributed by atoms with Crippen molar-refractivity contribution in [2.45, 2.75) is 47.6 Å². The van der Waals surface area contributed by atoms with Gasteiger partial charge in [-0.25, -0.2) is 13.4 Å². The molecule has 0 spiro atoms. The normalized spacial score (nSPS) is 19.2. The molecule has 2 aromatic carbocycles. The summed E-state index contributed by atoms with van der Waals surface area (Å²) in [4.78, 5) is 2.46. The van der Waals surface area contributed by atoms with Crippen molar-refractivity contribution in [1.82, 2.24) is 15.2 Å². The van der Waals surface area contributed by atoms with Gasteiger partial charge in [0, 0.05) is 30.4 Å². The van der Waals surface area contributed by atoms with Gasteiger partial charge in [-0.15, -0.1) is 40.6 Å². The number of hydrogen-bond donors (Lipinski definition) is 3. The van der Waals surface area contributed by atoms with E-state index in [-0.39, 0.29) is 29.4 Å². The Bertz CT molecular complexity index is 1180. The quantitative estimate of drug-likeness (QED) is 0.247. The lowest BCUT2D eigenvalue weighted by Crippen LogP contribution is -2.53.